The third kappa shape index (κ3) is 34.8. The quantitative estimate of drug-likeness (QED) is 0.0480. The van der Waals surface area contributed by atoms with Crippen molar-refractivity contribution in [1.82, 2.24) is 4.90 Å². The molecule has 0 aromatic heterocycles. The van der Waals surface area contributed by atoms with E-state index in [0.717, 1.165) is 57.4 Å². The molecule has 0 fully saturated rings. The molecule has 0 saturated carbocycles. The van der Waals surface area contributed by atoms with Gasteiger partial charge in [0.2, 0.25) is 0 Å². The van der Waals surface area contributed by atoms with Crippen LogP contribution in [0.1, 0.15) is 226 Å². The van der Waals surface area contributed by atoms with Crippen molar-refractivity contribution >= 4 is 11.9 Å². The number of rotatable bonds is 38. The first-order valence-electron chi connectivity index (χ1n) is 21.4. The maximum absolute atomic E-state index is 12.5. The molecule has 0 aromatic rings. The monoisotopic (exact) mass is 680 g/mol. The van der Waals surface area contributed by atoms with Gasteiger partial charge < -0.3 is 14.4 Å². The maximum Gasteiger partial charge on any atom is 0.306 e. The standard InChI is InChI=1S/C43H85NO4/c1-6-9-12-15-17-19-22-24-31-40(32-25-23-20-18-16-13-10-7-2)33-27-28-39-47-42(45)36-29-35-41(34-26-21-14-11-8-3)48-43(46)37-30-38-44(4)5/h40-41H,6-39H2,1-5H3. The third-order valence-electron chi connectivity index (χ3n) is 10.0. The SMILES string of the molecule is CCCCCCCCCCC(CCCCCCCCCC)CCCCOC(=O)CCCC(CCCCCCC)OC(=O)CCCN(C)C. The minimum atomic E-state index is -0.0962. The van der Waals surface area contributed by atoms with Gasteiger partial charge in [-0.05, 0) is 71.5 Å². The van der Waals surface area contributed by atoms with E-state index in [4.69, 9.17) is 9.47 Å². The summed E-state index contributed by atoms with van der Waals surface area (Å²) in [6.07, 6.45) is 38.5. The van der Waals surface area contributed by atoms with Crippen LogP contribution in [0.5, 0.6) is 0 Å². The lowest BCUT2D eigenvalue weighted by atomic mass is 9.90. The van der Waals surface area contributed by atoms with Gasteiger partial charge in [-0.3, -0.25) is 9.59 Å². The summed E-state index contributed by atoms with van der Waals surface area (Å²) < 4.78 is 11.5. The van der Waals surface area contributed by atoms with Gasteiger partial charge in [0, 0.05) is 12.8 Å². The van der Waals surface area contributed by atoms with Gasteiger partial charge in [0.15, 0.2) is 0 Å². The van der Waals surface area contributed by atoms with Crippen LogP contribution in [-0.2, 0) is 19.1 Å². The van der Waals surface area contributed by atoms with Gasteiger partial charge in [0.05, 0.1) is 6.61 Å². The van der Waals surface area contributed by atoms with Crippen LogP contribution in [0.25, 0.3) is 0 Å². The second kappa shape index (κ2) is 37.2. The second-order valence-corrected chi connectivity index (χ2v) is 15.2. The Morgan fingerprint density at radius 3 is 1.33 bits per heavy atom. The fourth-order valence-corrected chi connectivity index (χ4v) is 6.86. The van der Waals surface area contributed by atoms with E-state index < -0.39 is 0 Å². The number of carbonyl (C=O) groups excluding carboxylic acids is 2. The molecule has 5 nitrogen and oxygen atoms in total. The van der Waals surface area contributed by atoms with Gasteiger partial charge in [0.25, 0.3) is 0 Å². The molecule has 0 N–H and O–H groups in total. The van der Waals surface area contributed by atoms with Crippen molar-refractivity contribution in [2.45, 2.75) is 232 Å². The lowest BCUT2D eigenvalue weighted by Crippen LogP contribution is -2.20. The number of hydrogen-bond donors (Lipinski definition) is 0. The molecular weight excluding hydrogens is 594 g/mol. The Balaban J connectivity index is 4.38. The van der Waals surface area contributed by atoms with Crippen LogP contribution in [0.2, 0.25) is 0 Å². The Morgan fingerprint density at radius 1 is 0.458 bits per heavy atom. The van der Waals surface area contributed by atoms with Crippen LogP contribution < -0.4 is 0 Å². The molecular formula is C43H85NO4. The van der Waals surface area contributed by atoms with Gasteiger partial charge in [-0.2, -0.15) is 0 Å². The van der Waals surface area contributed by atoms with Gasteiger partial charge in [-0.15, -0.1) is 0 Å². The molecule has 0 aliphatic heterocycles. The number of unbranched alkanes of at least 4 members (excludes halogenated alkanes) is 19. The van der Waals surface area contributed by atoms with E-state index in [2.05, 4.69) is 25.7 Å². The Labute approximate surface area is 300 Å². The fraction of sp³-hybridized carbons (Fsp3) is 0.953. The van der Waals surface area contributed by atoms with Gasteiger partial charge in [-0.25, -0.2) is 0 Å². The summed E-state index contributed by atoms with van der Waals surface area (Å²) in [6, 6.07) is 0. The molecule has 1 unspecified atom stereocenters. The van der Waals surface area contributed by atoms with Crippen molar-refractivity contribution < 1.29 is 19.1 Å². The molecule has 0 bridgehead atoms. The van der Waals surface area contributed by atoms with Crippen LogP contribution in [0.4, 0.5) is 0 Å². The molecule has 48 heavy (non-hydrogen) atoms. The van der Waals surface area contributed by atoms with Crippen LogP contribution in [0.15, 0.2) is 0 Å². The third-order valence-corrected chi connectivity index (χ3v) is 10.0. The average molecular weight is 680 g/mol. The number of nitrogens with zero attached hydrogens (tertiary/aromatic N) is 1. The van der Waals surface area contributed by atoms with Crippen molar-refractivity contribution in [3.05, 3.63) is 0 Å². The Kier molecular flexibility index (Phi) is 36.3. The summed E-state index contributed by atoms with van der Waals surface area (Å²) in [5.41, 5.74) is 0. The Hall–Kier alpha value is -1.10. The summed E-state index contributed by atoms with van der Waals surface area (Å²) in [7, 11) is 4.05. The van der Waals surface area contributed by atoms with E-state index in [1.807, 2.05) is 14.1 Å². The van der Waals surface area contributed by atoms with Gasteiger partial charge in [-0.1, -0.05) is 168 Å². The molecule has 0 aliphatic rings. The zero-order chi connectivity index (χ0) is 35.3. The molecule has 0 rings (SSSR count). The smallest absolute Gasteiger partial charge is 0.306 e. The zero-order valence-electron chi connectivity index (χ0n) is 33.3. The van der Waals surface area contributed by atoms with Crippen molar-refractivity contribution in [3.63, 3.8) is 0 Å². The molecule has 0 spiro atoms. The van der Waals surface area contributed by atoms with E-state index in [9.17, 15) is 9.59 Å². The summed E-state index contributed by atoms with van der Waals surface area (Å²) >= 11 is 0. The molecule has 5 heteroatoms. The lowest BCUT2D eigenvalue weighted by molar-refractivity contribution is -0.150. The highest BCUT2D eigenvalue weighted by molar-refractivity contribution is 5.70. The molecule has 286 valence electrons. The van der Waals surface area contributed by atoms with Crippen molar-refractivity contribution in [2.24, 2.45) is 5.92 Å². The van der Waals surface area contributed by atoms with E-state index in [-0.39, 0.29) is 18.0 Å². The van der Waals surface area contributed by atoms with Crippen LogP contribution in [0, 0.1) is 5.92 Å². The highest BCUT2D eigenvalue weighted by Gasteiger charge is 2.16. The molecule has 0 heterocycles. The minimum absolute atomic E-state index is 0.0784. The van der Waals surface area contributed by atoms with E-state index in [1.54, 1.807) is 0 Å². The average Bonchev–Trinajstić information content (AvgIpc) is 3.06. The molecule has 0 radical (unpaired) electrons. The van der Waals surface area contributed by atoms with E-state index >= 15 is 0 Å². The number of carbonyl (C=O) groups is 2. The van der Waals surface area contributed by atoms with E-state index in [0.29, 0.717) is 19.4 Å². The first kappa shape index (κ1) is 46.9. The highest BCUT2D eigenvalue weighted by Crippen LogP contribution is 2.24. The summed E-state index contributed by atoms with van der Waals surface area (Å²) in [6.45, 7) is 8.25. The number of esters is 2. The summed E-state index contributed by atoms with van der Waals surface area (Å²) in [5.74, 6) is 0.648. The number of ether oxygens (including phenoxy) is 2. The van der Waals surface area contributed by atoms with Crippen molar-refractivity contribution in [2.75, 3.05) is 27.2 Å². The Bertz CT molecular complexity index is 662. The van der Waals surface area contributed by atoms with E-state index in [1.165, 1.54) is 148 Å². The number of hydrogen-bond acceptors (Lipinski definition) is 5. The second-order valence-electron chi connectivity index (χ2n) is 15.2. The molecule has 1 atom stereocenters. The first-order chi connectivity index (χ1) is 23.4. The summed E-state index contributed by atoms with van der Waals surface area (Å²) in [4.78, 5) is 27.1. The summed E-state index contributed by atoms with van der Waals surface area (Å²) in [5, 5.41) is 0. The topological polar surface area (TPSA) is 55.8 Å². The maximum atomic E-state index is 12.5. The van der Waals surface area contributed by atoms with Gasteiger partial charge >= 0.3 is 11.9 Å². The zero-order valence-corrected chi connectivity index (χ0v) is 33.3. The van der Waals surface area contributed by atoms with Crippen molar-refractivity contribution in [1.29, 1.82) is 0 Å². The largest absolute Gasteiger partial charge is 0.466 e. The Morgan fingerprint density at radius 2 is 0.854 bits per heavy atom. The van der Waals surface area contributed by atoms with Crippen LogP contribution >= 0.6 is 0 Å². The van der Waals surface area contributed by atoms with Gasteiger partial charge in [0.1, 0.15) is 6.10 Å². The van der Waals surface area contributed by atoms with Crippen molar-refractivity contribution in [3.8, 4) is 0 Å². The lowest BCUT2D eigenvalue weighted by Gasteiger charge is -2.18. The molecule has 0 aliphatic carbocycles. The molecule has 0 saturated heterocycles. The van der Waals surface area contributed by atoms with Crippen LogP contribution in [0.3, 0.4) is 0 Å². The minimum Gasteiger partial charge on any atom is -0.466 e. The first-order valence-corrected chi connectivity index (χ1v) is 21.4. The normalized spacial score (nSPS) is 12.2. The predicted octanol–water partition coefficient (Wildman–Crippen LogP) is 13.2. The molecule has 0 aromatic carbocycles. The van der Waals surface area contributed by atoms with Crippen LogP contribution in [-0.4, -0.2) is 50.2 Å². The predicted molar refractivity (Wildman–Crippen MR) is 208 cm³/mol. The highest BCUT2D eigenvalue weighted by atomic mass is 16.5. The molecule has 0 amide bonds. The fourth-order valence-electron chi connectivity index (χ4n) is 6.86.